The van der Waals surface area contributed by atoms with Crippen LogP contribution in [0, 0.1) is 0 Å². The summed E-state index contributed by atoms with van der Waals surface area (Å²) in [5.41, 5.74) is 0. The summed E-state index contributed by atoms with van der Waals surface area (Å²) >= 11 is 0. The molecule has 3 fully saturated rings. The molecule has 0 spiro atoms. The number of nitrogens with zero attached hydrogens (tertiary/aromatic N) is 5. The van der Waals surface area contributed by atoms with E-state index in [0.29, 0.717) is 12.1 Å². The number of morpholine rings is 1. The number of hydrogen-bond acceptors (Lipinski definition) is 7. The van der Waals surface area contributed by atoms with Crippen molar-refractivity contribution in [3.8, 4) is 0 Å². The number of likely N-dealkylation sites (N-methyl/N-ethyl adjacent to an activating group) is 1. The molecule has 0 bridgehead atoms. The SMILES string of the molecule is CN(c1ccnc(N2CCOCC2)n1)C1CCN(CC2CCCCO2)C1. The smallest absolute Gasteiger partial charge is 0.227 e. The highest BCUT2D eigenvalue weighted by molar-refractivity contribution is 5.44. The molecule has 3 saturated heterocycles. The minimum absolute atomic E-state index is 0.430. The Balaban J connectivity index is 1.34. The zero-order chi connectivity index (χ0) is 17.8. The summed E-state index contributed by atoms with van der Waals surface area (Å²) in [7, 11) is 2.16. The fourth-order valence-corrected chi connectivity index (χ4v) is 4.17. The summed E-state index contributed by atoms with van der Waals surface area (Å²) in [5, 5.41) is 0. The molecule has 7 nitrogen and oxygen atoms in total. The Labute approximate surface area is 156 Å². The molecular formula is C19H31N5O2. The van der Waals surface area contributed by atoms with Gasteiger partial charge in [0.15, 0.2) is 0 Å². The third-order valence-electron chi connectivity index (χ3n) is 5.81. The second kappa shape index (κ2) is 8.50. The Morgan fingerprint density at radius 2 is 2.04 bits per heavy atom. The van der Waals surface area contributed by atoms with E-state index in [0.717, 1.165) is 64.3 Å². The summed E-state index contributed by atoms with van der Waals surface area (Å²) in [6, 6.07) is 2.53. The highest BCUT2D eigenvalue weighted by Crippen LogP contribution is 2.23. The van der Waals surface area contributed by atoms with Crippen molar-refractivity contribution in [1.82, 2.24) is 14.9 Å². The summed E-state index contributed by atoms with van der Waals surface area (Å²) < 4.78 is 11.3. The average Bonchev–Trinajstić information content (AvgIpc) is 3.17. The molecule has 0 saturated carbocycles. The molecule has 0 radical (unpaired) electrons. The number of likely N-dealkylation sites (tertiary alicyclic amines) is 1. The van der Waals surface area contributed by atoms with Crippen LogP contribution in [0.4, 0.5) is 11.8 Å². The maximum Gasteiger partial charge on any atom is 0.227 e. The first-order valence-corrected chi connectivity index (χ1v) is 10.0. The molecule has 2 atom stereocenters. The molecule has 7 heteroatoms. The van der Waals surface area contributed by atoms with E-state index in [4.69, 9.17) is 14.5 Å². The van der Waals surface area contributed by atoms with Crippen LogP contribution in [0.25, 0.3) is 0 Å². The first kappa shape index (κ1) is 17.9. The predicted octanol–water partition coefficient (Wildman–Crippen LogP) is 1.39. The number of ether oxygens (including phenoxy) is 2. The molecule has 144 valence electrons. The van der Waals surface area contributed by atoms with E-state index in [1.54, 1.807) is 0 Å². The van der Waals surface area contributed by atoms with Gasteiger partial charge in [0.2, 0.25) is 5.95 Å². The molecule has 0 amide bonds. The van der Waals surface area contributed by atoms with Crippen LogP contribution in [0.1, 0.15) is 25.7 Å². The molecule has 1 aromatic heterocycles. The molecule has 26 heavy (non-hydrogen) atoms. The van der Waals surface area contributed by atoms with Crippen molar-refractivity contribution >= 4 is 11.8 Å². The lowest BCUT2D eigenvalue weighted by atomic mass is 10.1. The van der Waals surface area contributed by atoms with Crippen LogP contribution in [0.3, 0.4) is 0 Å². The van der Waals surface area contributed by atoms with Crippen LogP contribution < -0.4 is 9.80 Å². The van der Waals surface area contributed by atoms with Gasteiger partial charge in [0.05, 0.1) is 19.3 Å². The zero-order valence-corrected chi connectivity index (χ0v) is 15.8. The fraction of sp³-hybridized carbons (Fsp3) is 0.789. The van der Waals surface area contributed by atoms with Gasteiger partial charge in [0.1, 0.15) is 5.82 Å². The molecule has 0 aromatic carbocycles. The van der Waals surface area contributed by atoms with Crippen molar-refractivity contribution in [3.05, 3.63) is 12.3 Å². The quantitative estimate of drug-likeness (QED) is 0.785. The van der Waals surface area contributed by atoms with Crippen LogP contribution >= 0.6 is 0 Å². The Morgan fingerprint density at radius 3 is 2.85 bits per heavy atom. The molecule has 3 aliphatic heterocycles. The molecule has 4 heterocycles. The third kappa shape index (κ3) is 4.27. The van der Waals surface area contributed by atoms with Crippen LogP contribution in [0.2, 0.25) is 0 Å². The van der Waals surface area contributed by atoms with Crippen LogP contribution in [-0.2, 0) is 9.47 Å². The van der Waals surface area contributed by atoms with Gasteiger partial charge < -0.3 is 19.3 Å². The molecule has 4 rings (SSSR count). The van der Waals surface area contributed by atoms with Gasteiger partial charge in [-0.05, 0) is 31.7 Å². The first-order valence-electron chi connectivity index (χ1n) is 10.0. The largest absolute Gasteiger partial charge is 0.378 e. The number of aromatic nitrogens is 2. The Hall–Kier alpha value is -1.44. The average molecular weight is 361 g/mol. The highest BCUT2D eigenvalue weighted by atomic mass is 16.5. The van der Waals surface area contributed by atoms with E-state index in [2.05, 4.69) is 26.7 Å². The van der Waals surface area contributed by atoms with E-state index in [-0.39, 0.29) is 0 Å². The molecule has 0 N–H and O–H groups in total. The van der Waals surface area contributed by atoms with E-state index >= 15 is 0 Å². The van der Waals surface area contributed by atoms with Gasteiger partial charge in [-0.25, -0.2) is 4.98 Å². The van der Waals surface area contributed by atoms with E-state index in [9.17, 15) is 0 Å². The van der Waals surface area contributed by atoms with Gasteiger partial charge >= 0.3 is 0 Å². The minimum atomic E-state index is 0.430. The highest BCUT2D eigenvalue weighted by Gasteiger charge is 2.29. The summed E-state index contributed by atoms with van der Waals surface area (Å²) in [5.74, 6) is 1.84. The molecule has 1 aromatic rings. The summed E-state index contributed by atoms with van der Waals surface area (Å²) in [6.45, 7) is 7.50. The number of hydrogen-bond donors (Lipinski definition) is 0. The molecular weight excluding hydrogens is 330 g/mol. The van der Waals surface area contributed by atoms with Crippen LogP contribution in [-0.4, -0.2) is 86.6 Å². The lowest BCUT2D eigenvalue weighted by Crippen LogP contribution is -2.39. The maximum atomic E-state index is 5.91. The van der Waals surface area contributed by atoms with Gasteiger partial charge in [-0.1, -0.05) is 0 Å². The van der Waals surface area contributed by atoms with Crippen molar-refractivity contribution in [2.24, 2.45) is 0 Å². The molecule has 3 aliphatic rings. The fourth-order valence-electron chi connectivity index (χ4n) is 4.17. The maximum absolute atomic E-state index is 5.91. The zero-order valence-electron chi connectivity index (χ0n) is 15.8. The van der Waals surface area contributed by atoms with Gasteiger partial charge in [-0.2, -0.15) is 4.98 Å². The Kier molecular flexibility index (Phi) is 5.87. The van der Waals surface area contributed by atoms with Gasteiger partial charge in [-0.3, -0.25) is 4.90 Å². The van der Waals surface area contributed by atoms with Crippen molar-refractivity contribution in [1.29, 1.82) is 0 Å². The van der Waals surface area contributed by atoms with Gasteiger partial charge in [-0.15, -0.1) is 0 Å². The third-order valence-corrected chi connectivity index (χ3v) is 5.81. The Bertz CT molecular complexity index is 575. The van der Waals surface area contributed by atoms with Gasteiger partial charge in [0, 0.05) is 58.6 Å². The lowest BCUT2D eigenvalue weighted by Gasteiger charge is -2.30. The van der Waals surface area contributed by atoms with Crippen LogP contribution in [0.15, 0.2) is 12.3 Å². The number of anilines is 2. The van der Waals surface area contributed by atoms with Crippen LogP contribution in [0.5, 0.6) is 0 Å². The summed E-state index contributed by atoms with van der Waals surface area (Å²) in [6.07, 6.45) is 7.24. The van der Waals surface area contributed by atoms with E-state index < -0.39 is 0 Å². The minimum Gasteiger partial charge on any atom is -0.378 e. The van der Waals surface area contributed by atoms with E-state index in [1.165, 1.54) is 25.7 Å². The van der Waals surface area contributed by atoms with Crippen molar-refractivity contribution in [3.63, 3.8) is 0 Å². The lowest BCUT2D eigenvalue weighted by molar-refractivity contribution is -0.00200. The molecule has 0 aliphatic carbocycles. The number of rotatable bonds is 5. The second-order valence-corrected chi connectivity index (χ2v) is 7.62. The first-order chi connectivity index (χ1) is 12.8. The second-order valence-electron chi connectivity index (χ2n) is 7.62. The Morgan fingerprint density at radius 1 is 1.15 bits per heavy atom. The monoisotopic (exact) mass is 361 g/mol. The van der Waals surface area contributed by atoms with Gasteiger partial charge in [0.25, 0.3) is 0 Å². The van der Waals surface area contributed by atoms with Crippen molar-refractivity contribution < 1.29 is 9.47 Å². The van der Waals surface area contributed by atoms with E-state index in [1.807, 2.05) is 12.3 Å². The standard InChI is InChI=1S/C19H31N5O2/c1-22(16-6-8-23(14-16)15-17-4-2-3-11-26-17)18-5-7-20-19(21-18)24-9-12-25-13-10-24/h5,7,16-17H,2-4,6,8-15H2,1H3. The predicted molar refractivity (Wildman–Crippen MR) is 102 cm³/mol. The topological polar surface area (TPSA) is 54.0 Å². The molecule has 2 unspecified atom stereocenters. The normalized spacial score (nSPS) is 27.7. The summed E-state index contributed by atoms with van der Waals surface area (Å²) in [4.78, 5) is 16.4. The van der Waals surface area contributed by atoms with Crippen molar-refractivity contribution in [2.45, 2.75) is 37.8 Å². The van der Waals surface area contributed by atoms with Crippen molar-refractivity contribution in [2.75, 3.05) is 69.4 Å².